The SMILES string of the molecule is CC1CCN(C(=O)NC2CCCC2C(=O)O)CC1C. The van der Waals surface area contributed by atoms with Gasteiger partial charge >= 0.3 is 12.0 Å². The van der Waals surface area contributed by atoms with Crippen LogP contribution in [0.25, 0.3) is 0 Å². The number of hydrogen-bond acceptors (Lipinski definition) is 2. The summed E-state index contributed by atoms with van der Waals surface area (Å²) in [5.74, 6) is -0.0332. The molecule has 0 bridgehead atoms. The molecule has 1 heterocycles. The van der Waals surface area contributed by atoms with Crippen LogP contribution in [0.1, 0.15) is 39.5 Å². The Labute approximate surface area is 114 Å². The average molecular weight is 268 g/mol. The number of nitrogens with one attached hydrogen (secondary N) is 1. The first-order chi connectivity index (χ1) is 8.99. The first-order valence-corrected chi connectivity index (χ1v) is 7.27. The molecular formula is C14H24N2O3. The Morgan fingerprint density at radius 2 is 1.89 bits per heavy atom. The highest BCUT2D eigenvalue weighted by atomic mass is 16.4. The van der Waals surface area contributed by atoms with E-state index in [1.54, 1.807) is 0 Å². The van der Waals surface area contributed by atoms with Crippen molar-refractivity contribution in [3.05, 3.63) is 0 Å². The lowest BCUT2D eigenvalue weighted by Crippen LogP contribution is -2.51. The van der Waals surface area contributed by atoms with Crippen molar-refractivity contribution in [2.75, 3.05) is 13.1 Å². The van der Waals surface area contributed by atoms with Crippen LogP contribution in [0.3, 0.4) is 0 Å². The first-order valence-electron chi connectivity index (χ1n) is 7.27. The molecule has 0 radical (unpaired) electrons. The number of aliphatic carboxylic acids is 1. The van der Waals surface area contributed by atoms with Gasteiger partial charge in [0.1, 0.15) is 0 Å². The number of carboxylic acid groups (broad SMARTS) is 1. The third-order valence-electron chi connectivity index (χ3n) is 4.76. The minimum absolute atomic E-state index is 0.0862. The molecule has 1 aliphatic carbocycles. The molecule has 2 fully saturated rings. The summed E-state index contributed by atoms with van der Waals surface area (Å²) in [6.45, 7) is 5.94. The molecule has 4 unspecified atom stereocenters. The molecule has 4 atom stereocenters. The van der Waals surface area contributed by atoms with Crippen molar-refractivity contribution >= 4 is 12.0 Å². The lowest BCUT2D eigenvalue weighted by molar-refractivity contribution is -0.142. The zero-order valence-electron chi connectivity index (χ0n) is 11.8. The molecule has 19 heavy (non-hydrogen) atoms. The van der Waals surface area contributed by atoms with Gasteiger partial charge in [0.25, 0.3) is 0 Å². The minimum Gasteiger partial charge on any atom is -0.481 e. The summed E-state index contributed by atoms with van der Waals surface area (Å²) in [7, 11) is 0. The normalized spacial score (nSPS) is 35.2. The van der Waals surface area contributed by atoms with Crippen molar-refractivity contribution in [1.29, 1.82) is 0 Å². The molecule has 0 aromatic carbocycles. The van der Waals surface area contributed by atoms with E-state index in [0.29, 0.717) is 18.3 Å². The van der Waals surface area contributed by atoms with E-state index in [1.807, 2.05) is 4.90 Å². The molecule has 2 amide bonds. The van der Waals surface area contributed by atoms with Crippen molar-refractivity contribution in [2.24, 2.45) is 17.8 Å². The van der Waals surface area contributed by atoms with E-state index in [1.165, 1.54) is 0 Å². The summed E-state index contributed by atoms with van der Waals surface area (Å²) in [6, 6.07) is -0.281. The van der Waals surface area contributed by atoms with Gasteiger partial charge in [-0.05, 0) is 31.1 Å². The summed E-state index contributed by atoms with van der Waals surface area (Å²) in [5.41, 5.74) is 0. The molecule has 5 nitrogen and oxygen atoms in total. The fraction of sp³-hybridized carbons (Fsp3) is 0.857. The molecule has 0 spiro atoms. The van der Waals surface area contributed by atoms with E-state index in [9.17, 15) is 9.59 Å². The van der Waals surface area contributed by atoms with Crippen LogP contribution < -0.4 is 5.32 Å². The highest BCUT2D eigenvalue weighted by molar-refractivity contribution is 5.77. The fourth-order valence-corrected chi connectivity index (χ4v) is 3.13. The Kier molecular flexibility index (Phi) is 4.32. The van der Waals surface area contributed by atoms with Crippen LogP contribution >= 0.6 is 0 Å². The van der Waals surface area contributed by atoms with Crippen molar-refractivity contribution in [1.82, 2.24) is 10.2 Å². The number of carboxylic acids is 1. The van der Waals surface area contributed by atoms with Crippen molar-refractivity contribution in [3.8, 4) is 0 Å². The monoisotopic (exact) mass is 268 g/mol. The van der Waals surface area contributed by atoms with Crippen LogP contribution in [-0.4, -0.2) is 41.1 Å². The molecule has 5 heteroatoms. The quantitative estimate of drug-likeness (QED) is 0.804. The molecule has 0 aromatic heterocycles. The number of hydrogen-bond donors (Lipinski definition) is 2. The standard InChI is InChI=1S/C14H24N2O3/c1-9-6-7-16(8-10(9)2)14(19)15-12-5-3-4-11(12)13(17)18/h9-12H,3-8H2,1-2H3,(H,15,19)(H,17,18). The van der Waals surface area contributed by atoms with Gasteiger partial charge in [-0.15, -0.1) is 0 Å². The molecule has 1 aliphatic heterocycles. The number of likely N-dealkylation sites (tertiary alicyclic amines) is 1. The molecule has 108 valence electrons. The molecule has 2 N–H and O–H groups in total. The zero-order chi connectivity index (χ0) is 14.0. The lowest BCUT2D eigenvalue weighted by Gasteiger charge is -2.36. The second-order valence-electron chi connectivity index (χ2n) is 6.12. The maximum atomic E-state index is 12.2. The van der Waals surface area contributed by atoms with E-state index >= 15 is 0 Å². The smallest absolute Gasteiger partial charge is 0.317 e. The first kappa shape index (κ1) is 14.2. The summed E-state index contributed by atoms with van der Waals surface area (Å²) < 4.78 is 0. The Morgan fingerprint density at radius 1 is 1.16 bits per heavy atom. The van der Waals surface area contributed by atoms with Crippen LogP contribution in [0.15, 0.2) is 0 Å². The summed E-state index contributed by atoms with van der Waals surface area (Å²) in [6.07, 6.45) is 3.37. The largest absolute Gasteiger partial charge is 0.481 e. The number of nitrogens with zero attached hydrogens (tertiary/aromatic N) is 1. The fourth-order valence-electron chi connectivity index (χ4n) is 3.13. The average Bonchev–Trinajstić information content (AvgIpc) is 2.80. The van der Waals surface area contributed by atoms with Crippen LogP contribution in [0.2, 0.25) is 0 Å². The molecule has 1 saturated heterocycles. The van der Waals surface area contributed by atoms with Gasteiger partial charge in [0, 0.05) is 19.1 Å². The molecule has 2 rings (SSSR count). The predicted octanol–water partition coefficient (Wildman–Crippen LogP) is 1.93. The molecule has 1 saturated carbocycles. The van der Waals surface area contributed by atoms with E-state index in [0.717, 1.165) is 32.4 Å². The Balaban J connectivity index is 1.89. The number of urea groups is 1. The van der Waals surface area contributed by atoms with E-state index in [2.05, 4.69) is 19.2 Å². The van der Waals surface area contributed by atoms with Gasteiger partial charge in [-0.3, -0.25) is 4.79 Å². The lowest BCUT2D eigenvalue weighted by atomic mass is 9.89. The highest BCUT2D eigenvalue weighted by Gasteiger charge is 2.35. The van der Waals surface area contributed by atoms with Gasteiger partial charge < -0.3 is 15.3 Å². The maximum absolute atomic E-state index is 12.2. The van der Waals surface area contributed by atoms with Gasteiger partial charge in [0.15, 0.2) is 0 Å². The van der Waals surface area contributed by atoms with Gasteiger partial charge in [-0.25, -0.2) is 4.79 Å². The summed E-state index contributed by atoms with van der Waals surface area (Å²) >= 11 is 0. The van der Waals surface area contributed by atoms with E-state index in [4.69, 9.17) is 5.11 Å². The third-order valence-corrected chi connectivity index (χ3v) is 4.76. The molecule has 0 aromatic rings. The summed E-state index contributed by atoms with van der Waals surface area (Å²) in [4.78, 5) is 25.1. The van der Waals surface area contributed by atoms with Crippen molar-refractivity contribution in [3.63, 3.8) is 0 Å². The van der Waals surface area contributed by atoms with Gasteiger partial charge in [0.2, 0.25) is 0 Å². The second kappa shape index (κ2) is 5.80. The third kappa shape index (κ3) is 3.19. The van der Waals surface area contributed by atoms with Gasteiger partial charge in [0.05, 0.1) is 5.92 Å². The van der Waals surface area contributed by atoms with Crippen LogP contribution in [0.5, 0.6) is 0 Å². The van der Waals surface area contributed by atoms with Gasteiger partial charge in [-0.2, -0.15) is 0 Å². The topological polar surface area (TPSA) is 69.6 Å². The van der Waals surface area contributed by atoms with Crippen molar-refractivity contribution < 1.29 is 14.7 Å². The summed E-state index contributed by atoms with van der Waals surface area (Å²) in [5, 5.41) is 12.0. The number of rotatable bonds is 2. The van der Waals surface area contributed by atoms with E-state index < -0.39 is 11.9 Å². The molecule has 2 aliphatic rings. The number of carbonyl (C=O) groups excluding carboxylic acids is 1. The number of piperidine rings is 1. The molecular weight excluding hydrogens is 244 g/mol. The Hall–Kier alpha value is -1.26. The Bertz CT molecular complexity index is 359. The Morgan fingerprint density at radius 3 is 2.53 bits per heavy atom. The van der Waals surface area contributed by atoms with Gasteiger partial charge in [-0.1, -0.05) is 20.3 Å². The van der Waals surface area contributed by atoms with E-state index in [-0.39, 0.29) is 12.1 Å². The minimum atomic E-state index is -0.788. The van der Waals surface area contributed by atoms with Crippen LogP contribution in [0.4, 0.5) is 4.79 Å². The number of carbonyl (C=O) groups is 2. The van der Waals surface area contributed by atoms with Crippen molar-refractivity contribution in [2.45, 2.75) is 45.6 Å². The van der Waals surface area contributed by atoms with Crippen LogP contribution in [-0.2, 0) is 4.79 Å². The second-order valence-corrected chi connectivity index (χ2v) is 6.12. The number of amides is 2. The highest BCUT2D eigenvalue weighted by Crippen LogP contribution is 2.27. The van der Waals surface area contributed by atoms with Crippen LogP contribution in [0, 0.1) is 17.8 Å². The zero-order valence-corrected chi connectivity index (χ0v) is 11.8. The predicted molar refractivity (Wildman–Crippen MR) is 71.8 cm³/mol. The maximum Gasteiger partial charge on any atom is 0.317 e.